The summed E-state index contributed by atoms with van der Waals surface area (Å²) >= 11 is 0. The summed E-state index contributed by atoms with van der Waals surface area (Å²) in [5.41, 5.74) is 0. The van der Waals surface area contributed by atoms with Gasteiger partial charge >= 0.3 is 0 Å². The molecule has 1 rings (SSSR count). The highest BCUT2D eigenvalue weighted by molar-refractivity contribution is 4.65. The second-order valence-corrected chi connectivity index (χ2v) is 6.90. The fourth-order valence-corrected chi connectivity index (χ4v) is 2.63. The summed E-state index contributed by atoms with van der Waals surface area (Å²) in [6, 6.07) is 0. The normalized spacial score (nSPS) is 22.8. The maximum absolute atomic E-state index is 5.94. The van der Waals surface area contributed by atoms with E-state index in [1.54, 1.807) is 0 Å². The molecule has 0 aromatic heterocycles. The number of hydrogen-bond donors (Lipinski definition) is 0. The van der Waals surface area contributed by atoms with Gasteiger partial charge in [-0.15, -0.1) is 0 Å². The van der Waals surface area contributed by atoms with E-state index in [9.17, 15) is 0 Å². The Kier molecular flexibility index (Phi) is 11.2. The van der Waals surface area contributed by atoms with Crippen LogP contribution in [0, 0.1) is 0 Å². The molecular formula is C16H34BrNO2. The van der Waals surface area contributed by atoms with Crippen molar-refractivity contribution in [2.75, 3.05) is 34.3 Å². The number of unbranched alkanes of at least 4 members (excludes halogenated alkanes) is 6. The van der Waals surface area contributed by atoms with E-state index >= 15 is 0 Å². The average Bonchev–Trinajstić information content (AvgIpc) is 2.73. The van der Waals surface area contributed by atoms with Crippen LogP contribution in [0.15, 0.2) is 0 Å². The average molecular weight is 352 g/mol. The van der Waals surface area contributed by atoms with Crippen molar-refractivity contribution in [2.24, 2.45) is 0 Å². The summed E-state index contributed by atoms with van der Waals surface area (Å²) in [5.74, 6) is 0. The summed E-state index contributed by atoms with van der Waals surface area (Å²) in [5, 5.41) is 0. The number of halogens is 1. The number of rotatable bonds is 10. The molecule has 1 fully saturated rings. The third-order valence-corrected chi connectivity index (χ3v) is 3.61. The molecule has 2 atom stereocenters. The smallest absolute Gasteiger partial charge is 0.158 e. The molecule has 2 unspecified atom stereocenters. The molecule has 1 aliphatic heterocycles. The van der Waals surface area contributed by atoms with Crippen molar-refractivity contribution in [1.29, 1.82) is 0 Å². The fourth-order valence-electron chi connectivity index (χ4n) is 2.63. The van der Waals surface area contributed by atoms with Gasteiger partial charge in [-0.1, -0.05) is 45.4 Å². The topological polar surface area (TPSA) is 18.5 Å². The van der Waals surface area contributed by atoms with Crippen LogP contribution >= 0.6 is 0 Å². The molecule has 0 aliphatic carbocycles. The molecule has 3 nitrogen and oxygen atoms in total. The number of ether oxygens (including phenoxy) is 2. The molecule has 0 bridgehead atoms. The predicted molar refractivity (Wildman–Crippen MR) is 80.1 cm³/mol. The highest BCUT2D eigenvalue weighted by Crippen LogP contribution is 2.19. The Morgan fingerprint density at radius 1 is 0.950 bits per heavy atom. The van der Waals surface area contributed by atoms with Crippen molar-refractivity contribution in [1.82, 2.24) is 0 Å². The van der Waals surface area contributed by atoms with Crippen LogP contribution in [0.5, 0.6) is 0 Å². The van der Waals surface area contributed by atoms with Gasteiger partial charge in [0.2, 0.25) is 0 Å². The lowest BCUT2D eigenvalue weighted by molar-refractivity contribution is -0.873. The number of nitrogens with zero attached hydrogens (tertiary/aromatic N) is 1. The Balaban J connectivity index is 0.00000361. The summed E-state index contributed by atoms with van der Waals surface area (Å²) in [6.45, 7) is 4.08. The van der Waals surface area contributed by atoms with Gasteiger partial charge in [-0.3, -0.25) is 0 Å². The first-order chi connectivity index (χ1) is 9.01. The maximum atomic E-state index is 5.94. The van der Waals surface area contributed by atoms with E-state index < -0.39 is 0 Å². The second-order valence-electron chi connectivity index (χ2n) is 6.90. The SMILES string of the molecule is CCCCCCCCCC1OCC(C[N+](C)(C)C)O1.[Br-]. The third-order valence-electron chi connectivity index (χ3n) is 3.61. The lowest BCUT2D eigenvalue weighted by Gasteiger charge is -2.26. The molecule has 0 N–H and O–H groups in total. The largest absolute Gasteiger partial charge is 1.00 e. The van der Waals surface area contributed by atoms with Crippen LogP contribution in [-0.2, 0) is 9.47 Å². The second kappa shape index (κ2) is 11.0. The van der Waals surface area contributed by atoms with Gasteiger partial charge in [-0.05, 0) is 12.8 Å². The number of hydrogen-bond acceptors (Lipinski definition) is 2. The zero-order valence-electron chi connectivity index (χ0n) is 13.9. The van der Waals surface area contributed by atoms with Crippen molar-refractivity contribution in [3.8, 4) is 0 Å². The van der Waals surface area contributed by atoms with Gasteiger partial charge in [-0.2, -0.15) is 0 Å². The molecule has 4 heteroatoms. The quantitative estimate of drug-likeness (QED) is 0.423. The summed E-state index contributed by atoms with van der Waals surface area (Å²) in [6.07, 6.45) is 10.9. The molecule has 0 spiro atoms. The van der Waals surface area contributed by atoms with Crippen LogP contribution in [0.4, 0.5) is 0 Å². The zero-order chi connectivity index (χ0) is 14.1. The Labute approximate surface area is 136 Å². The van der Waals surface area contributed by atoms with Crippen molar-refractivity contribution in [3.63, 3.8) is 0 Å². The van der Waals surface area contributed by atoms with Crippen molar-refractivity contribution < 1.29 is 30.9 Å². The molecule has 0 saturated carbocycles. The Bertz CT molecular complexity index is 231. The van der Waals surface area contributed by atoms with E-state index in [1.807, 2.05) is 0 Å². The molecule has 0 radical (unpaired) electrons. The fraction of sp³-hybridized carbons (Fsp3) is 1.00. The van der Waals surface area contributed by atoms with E-state index in [0.717, 1.165) is 24.1 Å². The van der Waals surface area contributed by atoms with E-state index in [4.69, 9.17) is 9.47 Å². The summed E-state index contributed by atoms with van der Waals surface area (Å²) < 4.78 is 12.6. The zero-order valence-corrected chi connectivity index (χ0v) is 15.5. The first-order valence-electron chi connectivity index (χ1n) is 8.09. The number of likely N-dealkylation sites (N-methyl/N-ethyl adjacent to an activating group) is 1. The van der Waals surface area contributed by atoms with Gasteiger partial charge in [0.15, 0.2) is 6.29 Å². The molecular weight excluding hydrogens is 318 g/mol. The van der Waals surface area contributed by atoms with Gasteiger partial charge in [-0.25, -0.2) is 0 Å². The van der Waals surface area contributed by atoms with E-state index in [-0.39, 0.29) is 29.4 Å². The van der Waals surface area contributed by atoms with Crippen LogP contribution in [0.3, 0.4) is 0 Å². The molecule has 0 aromatic carbocycles. The minimum atomic E-state index is 0. The first-order valence-corrected chi connectivity index (χ1v) is 8.09. The Morgan fingerprint density at radius 2 is 1.55 bits per heavy atom. The van der Waals surface area contributed by atoms with Gasteiger partial charge in [0.1, 0.15) is 12.6 Å². The molecule has 20 heavy (non-hydrogen) atoms. The molecule has 1 heterocycles. The Hall–Kier alpha value is 0.360. The van der Waals surface area contributed by atoms with E-state index in [1.165, 1.54) is 44.9 Å². The van der Waals surface area contributed by atoms with Crippen molar-refractivity contribution >= 4 is 0 Å². The van der Waals surface area contributed by atoms with Crippen LogP contribution in [0.25, 0.3) is 0 Å². The minimum absolute atomic E-state index is 0. The Morgan fingerprint density at radius 3 is 2.15 bits per heavy atom. The molecule has 0 amide bonds. The maximum Gasteiger partial charge on any atom is 0.158 e. The molecule has 122 valence electrons. The summed E-state index contributed by atoms with van der Waals surface area (Å²) in [7, 11) is 6.60. The molecule has 0 aromatic rings. The van der Waals surface area contributed by atoms with Gasteiger partial charge in [0, 0.05) is 0 Å². The van der Waals surface area contributed by atoms with Crippen LogP contribution in [0.1, 0.15) is 58.3 Å². The minimum Gasteiger partial charge on any atom is -1.00 e. The monoisotopic (exact) mass is 351 g/mol. The highest BCUT2D eigenvalue weighted by Gasteiger charge is 2.29. The first kappa shape index (κ1) is 20.4. The van der Waals surface area contributed by atoms with Gasteiger partial charge < -0.3 is 30.9 Å². The third kappa shape index (κ3) is 10.1. The van der Waals surface area contributed by atoms with Crippen molar-refractivity contribution in [2.45, 2.75) is 70.7 Å². The van der Waals surface area contributed by atoms with Crippen molar-refractivity contribution in [3.05, 3.63) is 0 Å². The highest BCUT2D eigenvalue weighted by atomic mass is 79.9. The standard InChI is InChI=1S/C16H34NO2.BrH/c1-5-6-7-8-9-10-11-12-16-18-14-15(19-16)13-17(2,3)4;/h15-16H,5-14H2,1-4H3;1H/q+1;/p-1. The number of quaternary nitrogens is 1. The predicted octanol–water partition coefficient (Wildman–Crippen LogP) is 0.579. The van der Waals surface area contributed by atoms with Crippen LogP contribution in [-0.4, -0.2) is 51.2 Å². The van der Waals surface area contributed by atoms with Gasteiger partial charge in [0.05, 0.1) is 27.7 Å². The molecule has 1 aliphatic rings. The van der Waals surface area contributed by atoms with Crippen LogP contribution in [0.2, 0.25) is 0 Å². The lowest BCUT2D eigenvalue weighted by Crippen LogP contribution is -3.00. The molecule has 1 saturated heterocycles. The van der Waals surface area contributed by atoms with E-state index in [2.05, 4.69) is 28.1 Å². The summed E-state index contributed by atoms with van der Waals surface area (Å²) in [4.78, 5) is 0. The van der Waals surface area contributed by atoms with Gasteiger partial charge in [0.25, 0.3) is 0 Å². The van der Waals surface area contributed by atoms with E-state index in [0.29, 0.717) is 0 Å². The van der Waals surface area contributed by atoms with Crippen LogP contribution < -0.4 is 17.0 Å². The lowest BCUT2D eigenvalue weighted by atomic mass is 10.1.